The van der Waals surface area contributed by atoms with Crippen molar-refractivity contribution >= 4 is 11.6 Å². The van der Waals surface area contributed by atoms with Crippen LogP contribution in [0.1, 0.15) is 36.3 Å². The highest BCUT2D eigenvalue weighted by Crippen LogP contribution is 2.23. The van der Waals surface area contributed by atoms with E-state index >= 15 is 0 Å². The normalized spacial score (nSPS) is 13.5. The number of carbonyl (C=O) groups excluding carboxylic acids is 1. The third kappa shape index (κ3) is 3.60. The Bertz CT molecular complexity index is 470. The molecule has 1 rings (SSSR count). The molecule has 1 heterocycles. The van der Waals surface area contributed by atoms with Gasteiger partial charge in [0.25, 0.3) is 5.91 Å². The summed E-state index contributed by atoms with van der Waals surface area (Å²) in [7, 11) is 0. The lowest BCUT2D eigenvalue weighted by atomic mass is 10.2. The van der Waals surface area contributed by atoms with Gasteiger partial charge in [-0.3, -0.25) is 4.79 Å². The monoisotopic (exact) mass is 280 g/mol. The first-order valence-corrected chi connectivity index (χ1v) is 5.52. The van der Waals surface area contributed by atoms with E-state index in [4.69, 9.17) is 11.5 Å². The summed E-state index contributed by atoms with van der Waals surface area (Å²) in [5, 5.41) is 3.95. The second-order valence-corrected chi connectivity index (χ2v) is 3.90. The van der Waals surface area contributed by atoms with Gasteiger partial charge < -0.3 is 16.2 Å². The molecule has 0 bridgehead atoms. The first kappa shape index (κ1) is 15.3. The second-order valence-electron chi connectivity index (χ2n) is 3.90. The van der Waals surface area contributed by atoms with Crippen LogP contribution in [-0.2, 0) is 11.2 Å². The van der Waals surface area contributed by atoms with E-state index in [1.54, 1.807) is 6.92 Å². The van der Waals surface area contributed by atoms with E-state index in [-0.39, 0.29) is 11.4 Å². The standard InChI is InChI=1S/C10H15F3N4O2/c1-3-6-7(14)8(9(15)18)17(16-6)5(2)19-4-10(11,12)13/h5H,3-4,14H2,1-2H3,(H2,15,18). The maximum atomic E-state index is 12.1. The number of aryl methyl sites for hydroxylation is 1. The van der Waals surface area contributed by atoms with Gasteiger partial charge in [0.05, 0.1) is 11.4 Å². The van der Waals surface area contributed by atoms with Crippen LogP contribution in [0.25, 0.3) is 0 Å². The highest BCUT2D eigenvalue weighted by Gasteiger charge is 2.30. The van der Waals surface area contributed by atoms with E-state index in [2.05, 4.69) is 9.84 Å². The van der Waals surface area contributed by atoms with Crippen molar-refractivity contribution in [3.8, 4) is 0 Å². The maximum Gasteiger partial charge on any atom is 0.411 e. The number of nitrogens with zero attached hydrogens (tertiary/aromatic N) is 2. The summed E-state index contributed by atoms with van der Waals surface area (Å²) in [4.78, 5) is 11.3. The number of aromatic nitrogens is 2. The number of halogens is 3. The third-order valence-corrected chi connectivity index (χ3v) is 2.42. The second kappa shape index (κ2) is 5.47. The molecular weight excluding hydrogens is 265 g/mol. The number of ether oxygens (including phenoxy) is 1. The molecule has 0 aromatic carbocycles. The molecule has 1 aromatic rings. The van der Waals surface area contributed by atoms with E-state index in [1.807, 2.05) is 0 Å². The molecule has 4 N–H and O–H groups in total. The molecule has 0 saturated carbocycles. The number of primary amides is 1. The summed E-state index contributed by atoms with van der Waals surface area (Å²) in [5.74, 6) is -0.868. The van der Waals surface area contributed by atoms with Gasteiger partial charge in [0.2, 0.25) is 0 Å². The number of hydrogen-bond acceptors (Lipinski definition) is 4. The molecule has 19 heavy (non-hydrogen) atoms. The van der Waals surface area contributed by atoms with Crippen LogP contribution in [0.5, 0.6) is 0 Å². The van der Waals surface area contributed by atoms with Gasteiger partial charge >= 0.3 is 6.18 Å². The lowest BCUT2D eigenvalue weighted by Crippen LogP contribution is -2.25. The fourth-order valence-corrected chi connectivity index (χ4v) is 1.55. The Morgan fingerprint density at radius 1 is 1.53 bits per heavy atom. The number of amides is 1. The first-order chi connectivity index (χ1) is 8.67. The Morgan fingerprint density at radius 3 is 2.53 bits per heavy atom. The summed E-state index contributed by atoms with van der Waals surface area (Å²) in [6, 6.07) is 0. The minimum absolute atomic E-state index is 0.0671. The van der Waals surface area contributed by atoms with Crippen LogP contribution in [0.4, 0.5) is 18.9 Å². The topological polar surface area (TPSA) is 96.2 Å². The molecule has 6 nitrogen and oxygen atoms in total. The van der Waals surface area contributed by atoms with Crippen LogP contribution in [-0.4, -0.2) is 28.5 Å². The summed E-state index contributed by atoms with van der Waals surface area (Å²) < 4.78 is 41.8. The van der Waals surface area contributed by atoms with E-state index in [9.17, 15) is 18.0 Å². The number of carbonyl (C=O) groups is 1. The van der Waals surface area contributed by atoms with Crippen molar-refractivity contribution in [2.24, 2.45) is 5.73 Å². The van der Waals surface area contributed by atoms with Crippen LogP contribution in [0.2, 0.25) is 0 Å². The van der Waals surface area contributed by atoms with Gasteiger partial charge in [0.1, 0.15) is 12.8 Å². The van der Waals surface area contributed by atoms with Gasteiger partial charge in [0, 0.05) is 0 Å². The molecule has 9 heteroatoms. The Balaban J connectivity index is 3.02. The van der Waals surface area contributed by atoms with Crippen molar-refractivity contribution in [2.75, 3.05) is 12.3 Å². The van der Waals surface area contributed by atoms with Crippen LogP contribution in [0.3, 0.4) is 0 Å². The fraction of sp³-hybridized carbons (Fsp3) is 0.600. The largest absolute Gasteiger partial charge is 0.411 e. The van der Waals surface area contributed by atoms with Crippen LogP contribution >= 0.6 is 0 Å². The van der Waals surface area contributed by atoms with Gasteiger partial charge in [-0.25, -0.2) is 4.68 Å². The molecule has 1 atom stereocenters. The Kier molecular flexibility index (Phi) is 4.40. The number of alkyl halides is 3. The lowest BCUT2D eigenvalue weighted by molar-refractivity contribution is -0.193. The Morgan fingerprint density at radius 2 is 2.11 bits per heavy atom. The molecule has 108 valence electrons. The molecule has 1 unspecified atom stereocenters. The summed E-state index contributed by atoms with van der Waals surface area (Å²) >= 11 is 0. The minimum atomic E-state index is -4.46. The van der Waals surface area contributed by atoms with Crippen molar-refractivity contribution in [3.05, 3.63) is 11.4 Å². The summed E-state index contributed by atoms with van der Waals surface area (Å²) in [6.45, 7) is 1.62. The molecule has 1 amide bonds. The Labute approximate surface area is 107 Å². The minimum Gasteiger partial charge on any atom is -0.395 e. The molecule has 0 fully saturated rings. The van der Waals surface area contributed by atoms with Gasteiger partial charge in [-0.1, -0.05) is 6.92 Å². The summed E-state index contributed by atoms with van der Waals surface area (Å²) in [6.07, 6.45) is -5.15. The lowest BCUT2D eigenvalue weighted by Gasteiger charge is -2.16. The average Bonchev–Trinajstić information content (AvgIpc) is 2.62. The number of rotatable bonds is 5. The SMILES string of the molecule is CCc1nn(C(C)OCC(F)(F)F)c(C(N)=O)c1N. The number of anilines is 1. The zero-order valence-electron chi connectivity index (χ0n) is 10.5. The van der Waals surface area contributed by atoms with Crippen molar-refractivity contribution in [2.45, 2.75) is 32.7 Å². The van der Waals surface area contributed by atoms with E-state index in [0.29, 0.717) is 12.1 Å². The molecule has 0 spiro atoms. The van der Waals surface area contributed by atoms with E-state index in [1.165, 1.54) is 6.92 Å². The maximum absolute atomic E-state index is 12.1. The van der Waals surface area contributed by atoms with E-state index in [0.717, 1.165) is 4.68 Å². The Hall–Kier alpha value is -1.77. The smallest absolute Gasteiger partial charge is 0.395 e. The molecule has 0 aliphatic carbocycles. The van der Waals surface area contributed by atoms with Crippen LogP contribution < -0.4 is 11.5 Å². The molecule has 0 aliphatic heterocycles. The molecule has 0 radical (unpaired) electrons. The third-order valence-electron chi connectivity index (χ3n) is 2.42. The average molecular weight is 280 g/mol. The fourth-order valence-electron chi connectivity index (χ4n) is 1.55. The highest BCUT2D eigenvalue weighted by molar-refractivity contribution is 5.96. The number of nitrogens with two attached hydrogens (primary N) is 2. The zero-order chi connectivity index (χ0) is 14.8. The predicted octanol–water partition coefficient (Wildman–Crippen LogP) is 1.22. The van der Waals surface area contributed by atoms with Crippen molar-refractivity contribution in [1.29, 1.82) is 0 Å². The molecule has 1 aromatic heterocycles. The van der Waals surface area contributed by atoms with Crippen molar-refractivity contribution in [3.63, 3.8) is 0 Å². The van der Waals surface area contributed by atoms with Gasteiger partial charge in [-0.2, -0.15) is 18.3 Å². The summed E-state index contributed by atoms with van der Waals surface area (Å²) in [5.41, 5.74) is 11.1. The first-order valence-electron chi connectivity index (χ1n) is 5.52. The van der Waals surface area contributed by atoms with Crippen molar-refractivity contribution < 1.29 is 22.7 Å². The number of nitrogen functional groups attached to an aromatic ring is 1. The molecule has 0 saturated heterocycles. The molecule has 0 aliphatic rings. The van der Waals surface area contributed by atoms with Crippen molar-refractivity contribution in [1.82, 2.24) is 9.78 Å². The van der Waals surface area contributed by atoms with Crippen LogP contribution in [0, 0.1) is 0 Å². The van der Waals surface area contributed by atoms with Crippen LogP contribution in [0.15, 0.2) is 0 Å². The highest BCUT2D eigenvalue weighted by atomic mass is 19.4. The predicted molar refractivity (Wildman–Crippen MR) is 61.3 cm³/mol. The van der Waals surface area contributed by atoms with Gasteiger partial charge in [-0.05, 0) is 13.3 Å². The quantitative estimate of drug-likeness (QED) is 0.847. The van der Waals surface area contributed by atoms with E-state index < -0.39 is 24.9 Å². The van der Waals surface area contributed by atoms with Gasteiger partial charge in [-0.15, -0.1) is 0 Å². The number of hydrogen-bond donors (Lipinski definition) is 2. The molecular formula is C10H15F3N4O2. The van der Waals surface area contributed by atoms with Gasteiger partial charge in [0.15, 0.2) is 5.69 Å². The zero-order valence-corrected chi connectivity index (χ0v) is 10.5.